The molecule has 1 saturated carbocycles. The molecular formula is C16H23N. The molecule has 1 aromatic rings. The average Bonchev–Trinajstić information content (AvgIpc) is 2.40. The molecule has 0 bridgehead atoms. The van der Waals surface area contributed by atoms with E-state index < -0.39 is 0 Å². The van der Waals surface area contributed by atoms with Gasteiger partial charge in [0.1, 0.15) is 0 Å². The Morgan fingerprint density at radius 2 is 1.82 bits per heavy atom. The molecule has 0 spiro atoms. The van der Waals surface area contributed by atoms with Gasteiger partial charge in [-0.25, -0.2) is 0 Å². The van der Waals surface area contributed by atoms with Crippen LogP contribution in [0.3, 0.4) is 0 Å². The fraction of sp³-hybridized carbons (Fsp3) is 0.625. The maximum absolute atomic E-state index is 3.60. The molecule has 17 heavy (non-hydrogen) atoms. The Balaban J connectivity index is 1.60. The summed E-state index contributed by atoms with van der Waals surface area (Å²) in [7, 11) is 0. The van der Waals surface area contributed by atoms with E-state index in [0.717, 1.165) is 11.8 Å². The summed E-state index contributed by atoms with van der Waals surface area (Å²) in [6, 6.07) is 8.80. The van der Waals surface area contributed by atoms with Crippen molar-refractivity contribution in [2.24, 2.45) is 11.8 Å². The second-order valence-corrected chi connectivity index (χ2v) is 5.85. The highest BCUT2D eigenvalue weighted by atomic mass is 14.9. The largest absolute Gasteiger partial charge is 0.385 e. The molecule has 1 fully saturated rings. The SMILES string of the molecule is c1ccc2c(c1)CC(CC1CCCCC1)CN2. The van der Waals surface area contributed by atoms with Gasteiger partial charge in [0.2, 0.25) is 0 Å². The minimum Gasteiger partial charge on any atom is -0.385 e. The monoisotopic (exact) mass is 229 g/mol. The van der Waals surface area contributed by atoms with Crippen LogP contribution in [0.5, 0.6) is 0 Å². The summed E-state index contributed by atoms with van der Waals surface area (Å²) in [5.74, 6) is 1.88. The summed E-state index contributed by atoms with van der Waals surface area (Å²) in [5.41, 5.74) is 2.90. The molecule has 0 radical (unpaired) electrons. The smallest absolute Gasteiger partial charge is 0.0372 e. The molecular weight excluding hydrogens is 206 g/mol. The summed E-state index contributed by atoms with van der Waals surface area (Å²) in [5, 5.41) is 3.60. The number of para-hydroxylation sites is 1. The quantitative estimate of drug-likeness (QED) is 0.799. The van der Waals surface area contributed by atoms with E-state index in [2.05, 4.69) is 29.6 Å². The van der Waals surface area contributed by atoms with Crippen LogP contribution in [0.2, 0.25) is 0 Å². The van der Waals surface area contributed by atoms with Crippen molar-refractivity contribution >= 4 is 5.69 Å². The number of fused-ring (bicyclic) bond motifs is 1. The highest BCUT2D eigenvalue weighted by Crippen LogP contribution is 2.33. The Labute approximate surface area is 105 Å². The first-order valence-corrected chi connectivity index (χ1v) is 7.23. The molecule has 1 aliphatic carbocycles. The maximum Gasteiger partial charge on any atom is 0.0372 e. The Hall–Kier alpha value is -0.980. The van der Waals surface area contributed by atoms with Crippen LogP contribution < -0.4 is 5.32 Å². The molecule has 0 saturated heterocycles. The number of hydrogen-bond acceptors (Lipinski definition) is 1. The van der Waals surface area contributed by atoms with Gasteiger partial charge in [-0.1, -0.05) is 50.3 Å². The highest BCUT2D eigenvalue weighted by Gasteiger charge is 2.22. The summed E-state index contributed by atoms with van der Waals surface area (Å²) in [4.78, 5) is 0. The Kier molecular flexibility index (Phi) is 3.35. The molecule has 3 rings (SSSR count). The Morgan fingerprint density at radius 3 is 2.71 bits per heavy atom. The van der Waals surface area contributed by atoms with Gasteiger partial charge in [0.25, 0.3) is 0 Å². The van der Waals surface area contributed by atoms with Crippen molar-refractivity contribution in [2.45, 2.75) is 44.9 Å². The second-order valence-electron chi connectivity index (χ2n) is 5.85. The van der Waals surface area contributed by atoms with Gasteiger partial charge in [0, 0.05) is 12.2 Å². The van der Waals surface area contributed by atoms with Gasteiger partial charge in [0.05, 0.1) is 0 Å². The number of hydrogen-bond donors (Lipinski definition) is 1. The Bertz CT molecular complexity index is 366. The molecule has 1 atom stereocenters. The van der Waals surface area contributed by atoms with Crippen molar-refractivity contribution in [3.8, 4) is 0 Å². The lowest BCUT2D eigenvalue weighted by Gasteiger charge is -2.30. The van der Waals surface area contributed by atoms with E-state index in [9.17, 15) is 0 Å². The van der Waals surface area contributed by atoms with Crippen molar-refractivity contribution in [3.63, 3.8) is 0 Å². The fourth-order valence-corrected chi connectivity index (χ4v) is 3.57. The number of rotatable bonds is 2. The average molecular weight is 229 g/mol. The number of benzene rings is 1. The van der Waals surface area contributed by atoms with E-state index in [-0.39, 0.29) is 0 Å². The molecule has 1 nitrogen and oxygen atoms in total. The molecule has 1 heteroatoms. The molecule has 0 aromatic heterocycles. The minimum atomic E-state index is 0.869. The van der Waals surface area contributed by atoms with Gasteiger partial charge >= 0.3 is 0 Å². The minimum absolute atomic E-state index is 0.869. The van der Waals surface area contributed by atoms with Crippen LogP contribution in [0.4, 0.5) is 5.69 Å². The van der Waals surface area contributed by atoms with E-state index in [1.54, 1.807) is 0 Å². The van der Waals surface area contributed by atoms with Gasteiger partial charge in [-0.15, -0.1) is 0 Å². The van der Waals surface area contributed by atoms with Crippen LogP contribution in [-0.2, 0) is 6.42 Å². The molecule has 1 aromatic carbocycles. The van der Waals surface area contributed by atoms with Crippen molar-refractivity contribution < 1.29 is 0 Å². The van der Waals surface area contributed by atoms with E-state index in [0.29, 0.717) is 0 Å². The Morgan fingerprint density at radius 1 is 1.00 bits per heavy atom. The first-order valence-electron chi connectivity index (χ1n) is 7.23. The normalized spacial score (nSPS) is 25.1. The van der Waals surface area contributed by atoms with Crippen molar-refractivity contribution in [1.82, 2.24) is 0 Å². The summed E-state index contributed by atoms with van der Waals surface area (Å²) < 4.78 is 0. The third-order valence-corrected chi connectivity index (χ3v) is 4.50. The lowest BCUT2D eigenvalue weighted by Crippen LogP contribution is -2.25. The third-order valence-electron chi connectivity index (χ3n) is 4.50. The molecule has 1 N–H and O–H groups in total. The number of nitrogens with one attached hydrogen (secondary N) is 1. The lowest BCUT2D eigenvalue weighted by molar-refractivity contribution is 0.289. The van der Waals surface area contributed by atoms with Crippen molar-refractivity contribution in [2.75, 3.05) is 11.9 Å². The topological polar surface area (TPSA) is 12.0 Å². The van der Waals surface area contributed by atoms with E-state index in [1.165, 1.54) is 62.7 Å². The maximum atomic E-state index is 3.60. The summed E-state index contributed by atoms with van der Waals surface area (Å²) in [6.07, 6.45) is 10.1. The van der Waals surface area contributed by atoms with Crippen LogP contribution in [0.25, 0.3) is 0 Å². The molecule has 1 aliphatic heterocycles. The van der Waals surface area contributed by atoms with E-state index in [1.807, 2.05) is 0 Å². The second kappa shape index (κ2) is 5.12. The predicted molar refractivity (Wildman–Crippen MR) is 73.3 cm³/mol. The molecule has 1 heterocycles. The van der Waals surface area contributed by atoms with Gasteiger partial charge in [-0.05, 0) is 36.3 Å². The van der Waals surface area contributed by atoms with Gasteiger partial charge in [-0.2, -0.15) is 0 Å². The van der Waals surface area contributed by atoms with Crippen LogP contribution >= 0.6 is 0 Å². The zero-order chi connectivity index (χ0) is 11.5. The van der Waals surface area contributed by atoms with Crippen LogP contribution in [-0.4, -0.2) is 6.54 Å². The van der Waals surface area contributed by atoms with E-state index >= 15 is 0 Å². The summed E-state index contributed by atoms with van der Waals surface area (Å²) >= 11 is 0. The van der Waals surface area contributed by atoms with Crippen molar-refractivity contribution in [1.29, 1.82) is 0 Å². The van der Waals surface area contributed by atoms with Crippen LogP contribution in [0.15, 0.2) is 24.3 Å². The lowest BCUT2D eigenvalue weighted by atomic mass is 9.80. The first-order chi connectivity index (χ1) is 8.42. The fourth-order valence-electron chi connectivity index (χ4n) is 3.57. The zero-order valence-electron chi connectivity index (χ0n) is 10.6. The van der Waals surface area contributed by atoms with E-state index in [4.69, 9.17) is 0 Å². The molecule has 2 aliphatic rings. The number of anilines is 1. The van der Waals surface area contributed by atoms with Crippen LogP contribution in [0, 0.1) is 11.8 Å². The van der Waals surface area contributed by atoms with Crippen LogP contribution in [0.1, 0.15) is 44.1 Å². The molecule has 92 valence electrons. The standard InChI is InChI=1S/C16H23N/c1-2-6-13(7-3-1)10-14-11-15-8-4-5-9-16(15)17-12-14/h4-5,8-9,13-14,17H,1-3,6-7,10-12H2. The van der Waals surface area contributed by atoms with Gasteiger partial charge < -0.3 is 5.32 Å². The van der Waals surface area contributed by atoms with Crippen molar-refractivity contribution in [3.05, 3.63) is 29.8 Å². The first kappa shape index (κ1) is 11.1. The molecule has 0 amide bonds. The zero-order valence-corrected chi connectivity index (χ0v) is 10.6. The highest BCUT2D eigenvalue weighted by molar-refractivity contribution is 5.53. The molecule has 1 unspecified atom stereocenters. The third kappa shape index (κ3) is 2.65. The summed E-state index contributed by atoms with van der Waals surface area (Å²) in [6.45, 7) is 1.19. The predicted octanol–water partition coefficient (Wildman–Crippen LogP) is 4.24. The van der Waals surface area contributed by atoms with Gasteiger partial charge in [0.15, 0.2) is 0 Å². The van der Waals surface area contributed by atoms with Gasteiger partial charge in [-0.3, -0.25) is 0 Å².